The van der Waals surface area contributed by atoms with E-state index >= 15 is 0 Å². The van der Waals surface area contributed by atoms with Crippen LogP contribution < -0.4 is 0 Å². The first-order chi connectivity index (χ1) is 13.3. The van der Waals surface area contributed by atoms with E-state index in [0.29, 0.717) is 18.4 Å². The average molecular weight is 388 g/mol. The number of carbonyl (C=O) groups excluding carboxylic acids is 4. The number of ketones is 1. The summed E-state index contributed by atoms with van der Waals surface area (Å²) in [5.41, 5.74) is 2.33. The van der Waals surface area contributed by atoms with Crippen molar-refractivity contribution in [3.63, 3.8) is 0 Å². The van der Waals surface area contributed by atoms with Gasteiger partial charge in [0, 0.05) is 23.5 Å². The largest absolute Gasteiger partial charge is 0.456 e. The van der Waals surface area contributed by atoms with Crippen LogP contribution >= 0.6 is 0 Å². The third-order valence-corrected chi connectivity index (χ3v) is 6.14. The Kier molecular flexibility index (Phi) is 5.72. The number of likely N-dealkylation sites (tertiary alicyclic amines) is 1. The van der Waals surface area contributed by atoms with E-state index in [0.717, 1.165) is 35.7 Å². The van der Waals surface area contributed by atoms with Gasteiger partial charge in [-0.15, -0.1) is 0 Å². The number of aryl methyl sites for hydroxylation is 1. The van der Waals surface area contributed by atoms with Crippen LogP contribution in [0.2, 0.25) is 0 Å². The van der Waals surface area contributed by atoms with Gasteiger partial charge in [-0.05, 0) is 46.6 Å². The molecule has 3 rings (SSSR count). The Bertz CT molecular complexity index is 801. The van der Waals surface area contributed by atoms with Crippen LogP contribution in [0.25, 0.3) is 0 Å². The molecule has 1 aromatic heterocycles. The monoisotopic (exact) mass is 388 g/mol. The van der Waals surface area contributed by atoms with Crippen LogP contribution in [0.5, 0.6) is 0 Å². The van der Waals surface area contributed by atoms with Crippen molar-refractivity contribution in [1.82, 2.24) is 9.47 Å². The Morgan fingerprint density at radius 2 is 1.71 bits per heavy atom. The molecular weight excluding hydrogens is 360 g/mol. The van der Waals surface area contributed by atoms with Gasteiger partial charge in [-0.25, -0.2) is 4.79 Å². The van der Waals surface area contributed by atoms with Gasteiger partial charge in [-0.2, -0.15) is 0 Å². The molecule has 7 heteroatoms. The molecule has 1 aliphatic carbocycles. The van der Waals surface area contributed by atoms with Gasteiger partial charge in [0.1, 0.15) is 6.04 Å². The lowest BCUT2D eigenvalue weighted by Crippen LogP contribution is -2.44. The quantitative estimate of drug-likeness (QED) is 0.424. The molecule has 0 spiro atoms. The Hall–Kier alpha value is -2.44. The molecule has 0 bridgehead atoms. The van der Waals surface area contributed by atoms with Crippen LogP contribution in [-0.2, 0) is 25.7 Å². The Balaban J connectivity index is 1.64. The van der Waals surface area contributed by atoms with Crippen LogP contribution in [-0.4, -0.2) is 45.7 Å². The lowest BCUT2D eigenvalue weighted by Gasteiger charge is -2.21. The normalized spacial score (nSPS) is 22.9. The van der Waals surface area contributed by atoms with Crippen LogP contribution in [0.15, 0.2) is 6.07 Å². The molecule has 152 valence electrons. The zero-order chi connectivity index (χ0) is 20.6. The van der Waals surface area contributed by atoms with Gasteiger partial charge in [0.05, 0.1) is 11.8 Å². The highest BCUT2D eigenvalue weighted by Gasteiger charge is 2.51. The molecule has 0 aromatic carbocycles. The summed E-state index contributed by atoms with van der Waals surface area (Å²) in [4.78, 5) is 51.2. The summed E-state index contributed by atoms with van der Waals surface area (Å²) in [5.74, 6) is -2.19. The lowest BCUT2D eigenvalue weighted by molar-refractivity contribution is -0.157. The molecule has 2 aliphatic rings. The molecule has 0 N–H and O–H groups in total. The summed E-state index contributed by atoms with van der Waals surface area (Å²) in [6, 6.07) is 0.776. The zero-order valence-corrected chi connectivity index (χ0v) is 17.0. The SMILES string of the molecule is CCn1c(C)cc(C(=O)COC(=O)[C@H](C)N2C(=O)[C@H]3CCCC[C@H]3C2=O)c1C. The van der Waals surface area contributed by atoms with Crippen LogP contribution in [0.1, 0.15) is 61.3 Å². The lowest BCUT2D eigenvalue weighted by atomic mass is 9.81. The van der Waals surface area contributed by atoms with E-state index < -0.39 is 18.6 Å². The second-order valence-corrected chi connectivity index (χ2v) is 7.78. The van der Waals surface area contributed by atoms with Gasteiger partial charge in [0.2, 0.25) is 17.6 Å². The maximum absolute atomic E-state index is 12.6. The van der Waals surface area contributed by atoms with Crippen molar-refractivity contribution in [3.05, 3.63) is 23.0 Å². The fourth-order valence-electron chi connectivity index (χ4n) is 4.58. The highest BCUT2D eigenvalue weighted by Crippen LogP contribution is 2.38. The summed E-state index contributed by atoms with van der Waals surface area (Å²) >= 11 is 0. The second-order valence-electron chi connectivity index (χ2n) is 7.78. The van der Waals surface area contributed by atoms with Crippen molar-refractivity contribution in [2.24, 2.45) is 11.8 Å². The van der Waals surface area contributed by atoms with Crippen molar-refractivity contribution in [3.8, 4) is 0 Å². The number of Topliss-reactive ketones (excluding diaryl/α,β-unsaturated/α-hetero) is 1. The van der Waals surface area contributed by atoms with Gasteiger partial charge in [-0.1, -0.05) is 12.8 Å². The topological polar surface area (TPSA) is 85.7 Å². The molecule has 1 saturated heterocycles. The summed E-state index contributed by atoms with van der Waals surface area (Å²) in [5, 5.41) is 0. The number of rotatable bonds is 6. The molecule has 2 amide bonds. The van der Waals surface area contributed by atoms with Crippen molar-refractivity contribution >= 4 is 23.6 Å². The van der Waals surface area contributed by atoms with Gasteiger partial charge in [-0.3, -0.25) is 19.3 Å². The van der Waals surface area contributed by atoms with Crippen molar-refractivity contribution in [2.75, 3.05) is 6.61 Å². The van der Waals surface area contributed by atoms with E-state index in [-0.39, 0.29) is 29.4 Å². The predicted molar refractivity (Wildman–Crippen MR) is 102 cm³/mol. The maximum atomic E-state index is 12.6. The third-order valence-electron chi connectivity index (χ3n) is 6.14. The number of hydrogen-bond acceptors (Lipinski definition) is 5. The van der Waals surface area contributed by atoms with Crippen LogP contribution in [0.4, 0.5) is 0 Å². The molecule has 7 nitrogen and oxygen atoms in total. The molecule has 3 atom stereocenters. The summed E-state index contributed by atoms with van der Waals surface area (Å²) in [7, 11) is 0. The maximum Gasteiger partial charge on any atom is 0.329 e. The van der Waals surface area contributed by atoms with E-state index in [2.05, 4.69) is 0 Å². The second kappa shape index (κ2) is 7.89. The Labute approximate surface area is 165 Å². The number of fused-ring (bicyclic) bond motifs is 1. The number of carbonyl (C=O) groups is 4. The van der Waals surface area contributed by atoms with Gasteiger partial charge in [0.15, 0.2) is 6.61 Å². The average Bonchev–Trinajstić information content (AvgIpc) is 3.12. The molecular formula is C21H28N2O5. The molecule has 28 heavy (non-hydrogen) atoms. The first-order valence-corrected chi connectivity index (χ1v) is 10.0. The predicted octanol–water partition coefficient (Wildman–Crippen LogP) is 2.41. The highest BCUT2D eigenvalue weighted by molar-refractivity contribution is 6.08. The molecule has 0 radical (unpaired) electrons. The van der Waals surface area contributed by atoms with E-state index in [9.17, 15) is 19.2 Å². The number of nitrogens with zero attached hydrogens (tertiary/aromatic N) is 2. The molecule has 1 aliphatic heterocycles. The van der Waals surface area contributed by atoms with Gasteiger partial charge >= 0.3 is 5.97 Å². The molecule has 2 heterocycles. The van der Waals surface area contributed by atoms with Crippen molar-refractivity contribution in [1.29, 1.82) is 0 Å². The number of amides is 2. The number of esters is 1. The smallest absolute Gasteiger partial charge is 0.329 e. The number of aromatic nitrogens is 1. The summed E-state index contributed by atoms with van der Waals surface area (Å²) in [6.45, 7) is 7.62. The Morgan fingerprint density at radius 1 is 1.14 bits per heavy atom. The van der Waals surface area contributed by atoms with E-state index in [1.807, 2.05) is 25.3 Å². The molecule has 2 fully saturated rings. The number of ether oxygens (including phenoxy) is 1. The minimum atomic E-state index is -1.01. The van der Waals surface area contributed by atoms with Crippen LogP contribution in [0.3, 0.4) is 0 Å². The minimum absolute atomic E-state index is 0.281. The van der Waals surface area contributed by atoms with E-state index in [1.165, 1.54) is 6.92 Å². The van der Waals surface area contributed by atoms with Crippen molar-refractivity contribution in [2.45, 2.75) is 66.0 Å². The van der Waals surface area contributed by atoms with E-state index in [1.54, 1.807) is 6.07 Å². The zero-order valence-electron chi connectivity index (χ0n) is 17.0. The molecule has 1 aromatic rings. The minimum Gasteiger partial charge on any atom is -0.456 e. The first-order valence-electron chi connectivity index (χ1n) is 10.0. The molecule has 0 unspecified atom stereocenters. The third kappa shape index (κ3) is 3.38. The molecule has 1 saturated carbocycles. The van der Waals surface area contributed by atoms with Gasteiger partial charge < -0.3 is 9.30 Å². The summed E-state index contributed by atoms with van der Waals surface area (Å²) < 4.78 is 7.19. The fourth-order valence-corrected chi connectivity index (χ4v) is 4.58. The first kappa shape index (κ1) is 20.3. The highest BCUT2D eigenvalue weighted by atomic mass is 16.5. The number of hydrogen-bond donors (Lipinski definition) is 0. The fraction of sp³-hybridized carbons (Fsp3) is 0.619. The van der Waals surface area contributed by atoms with Crippen LogP contribution in [0, 0.1) is 25.7 Å². The van der Waals surface area contributed by atoms with Gasteiger partial charge in [0.25, 0.3) is 0 Å². The van der Waals surface area contributed by atoms with E-state index in [4.69, 9.17) is 4.74 Å². The summed E-state index contributed by atoms with van der Waals surface area (Å²) in [6.07, 6.45) is 3.24. The standard InChI is InChI=1S/C21H28N2O5/c1-5-22-12(2)10-17(13(22)3)18(24)11-28-21(27)14(4)23-19(25)15-8-6-7-9-16(15)20(23)26/h10,14-16H,5-9,11H2,1-4H3/t14-,15-,16+/m0/s1. The van der Waals surface area contributed by atoms with Crippen molar-refractivity contribution < 1.29 is 23.9 Å². The Morgan fingerprint density at radius 3 is 2.21 bits per heavy atom. The number of imide groups is 1.